The predicted molar refractivity (Wildman–Crippen MR) is 171 cm³/mol. The number of hydrogen-bond donors (Lipinski definition) is 6. The number of amides is 4. The van der Waals surface area contributed by atoms with Gasteiger partial charge >= 0.3 is 5.97 Å². The van der Waals surface area contributed by atoms with Gasteiger partial charge in [0, 0.05) is 29.4 Å². The molecule has 3 atom stereocenters. The van der Waals surface area contributed by atoms with Crippen molar-refractivity contribution in [1.29, 1.82) is 0 Å². The number of nitrogens with one attached hydrogen (secondary N) is 2. The van der Waals surface area contributed by atoms with Crippen molar-refractivity contribution < 1.29 is 44.0 Å². The average molecular weight is 645 g/mol. The molecule has 0 radical (unpaired) electrons. The number of primary amides is 1. The summed E-state index contributed by atoms with van der Waals surface area (Å²) < 4.78 is 5.34. The summed E-state index contributed by atoms with van der Waals surface area (Å²) >= 11 is 0. The zero-order chi connectivity index (χ0) is 34.5. The number of nitrogens with zero attached hydrogens (tertiary/aromatic N) is 1. The van der Waals surface area contributed by atoms with E-state index in [0.29, 0.717) is 22.5 Å². The fourth-order valence-electron chi connectivity index (χ4n) is 5.05. The minimum Gasteiger partial charge on any atom is -0.478 e. The number of carboxylic acid groups (broad SMARTS) is 1. The van der Waals surface area contributed by atoms with Crippen LogP contribution >= 0.6 is 0 Å². The fraction of sp³-hybridized carbons (Fsp3) is 0.265. The summed E-state index contributed by atoms with van der Waals surface area (Å²) in [5.74, 6) is -3.96. The lowest BCUT2D eigenvalue weighted by molar-refractivity contribution is -0.193. The molecule has 7 N–H and O–H groups in total. The third kappa shape index (κ3) is 7.65. The van der Waals surface area contributed by atoms with Crippen molar-refractivity contribution in [3.63, 3.8) is 0 Å². The van der Waals surface area contributed by atoms with Gasteiger partial charge < -0.3 is 36.4 Å². The number of benzene rings is 3. The molecule has 0 aromatic heterocycles. The van der Waals surface area contributed by atoms with Crippen LogP contribution in [0.3, 0.4) is 0 Å². The van der Waals surface area contributed by atoms with Gasteiger partial charge in [0.05, 0.1) is 0 Å². The maximum absolute atomic E-state index is 13.7. The molecule has 4 rings (SSSR count). The van der Waals surface area contributed by atoms with Crippen molar-refractivity contribution in [2.24, 2.45) is 11.7 Å². The molecule has 0 saturated heterocycles. The van der Waals surface area contributed by atoms with Crippen LogP contribution in [0.2, 0.25) is 0 Å². The quantitative estimate of drug-likeness (QED) is 0.125. The molecule has 13 heteroatoms. The van der Waals surface area contributed by atoms with Crippen LogP contribution in [0.1, 0.15) is 42.3 Å². The van der Waals surface area contributed by atoms with Gasteiger partial charge in [-0.3, -0.25) is 24.1 Å². The molecule has 0 aliphatic carbocycles. The second kappa shape index (κ2) is 14.3. The largest absolute Gasteiger partial charge is 0.478 e. The van der Waals surface area contributed by atoms with Crippen molar-refractivity contribution in [2.75, 3.05) is 4.90 Å². The lowest BCUT2D eigenvalue weighted by Gasteiger charge is -2.28. The predicted octanol–water partition coefficient (Wildman–Crippen LogP) is 1.88. The van der Waals surface area contributed by atoms with Gasteiger partial charge in [-0.05, 0) is 78.6 Å². The van der Waals surface area contributed by atoms with E-state index >= 15 is 0 Å². The van der Waals surface area contributed by atoms with Crippen LogP contribution in [0.4, 0.5) is 11.4 Å². The molecule has 1 aliphatic heterocycles. The van der Waals surface area contributed by atoms with Gasteiger partial charge in [-0.15, -0.1) is 0 Å². The van der Waals surface area contributed by atoms with E-state index in [1.807, 2.05) is 0 Å². The highest BCUT2D eigenvalue weighted by Crippen LogP contribution is 2.37. The summed E-state index contributed by atoms with van der Waals surface area (Å²) in [6.07, 6.45) is 0.0999. The zero-order valence-corrected chi connectivity index (χ0v) is 25.9. The fourth-order valence-corrected chi connectivity index (χ4v) is 5.05. The molecular formula is C34H36N4O9. The molecule has 246 valence electrons. The molecule has 0 spiro atoms. The van der Waals surface area contributed by atoms with Crippen molar-refractivity contribution in [1.82, 2.24) is 10.6 Å². The van der Waals surface area contributed by atoms with Crippen molar-refractivity contribution in [3.05, 3.63) is 95.6 Å². The van der Waals surface area contributed by atoms with Gasteiger partial charge in [0.15, 0.2) is 0 Å². The molecule has 0 saturated carbocycles. The monoisotopic (exact) mass is 644 g/mol. The molecule has 1 heterocycles. The molecule has 3 aromatic rings. The number of ether oxygens (including phenoxy) is 1. The summed E-state index contributed by atoms with van der Waals surface area (Å²) in [5, 5.41) is 34.1. The Bertz CT molecular complexity index is 1690. The molecular weight excluding hydrogens is 608 g/mol. The Labute approximate surface area is 270 Å². The number of anilines is 2. The van der Waals surface area contributed by atoms with Gasteiger partial charge in [-0.1, -0.05) is 38.1 Å². The second-order valence-electron chi connectivity index (χ2n) is 11.4. The Kier molecular flexibility index (Phi) is 10.4. The number of nitrogens with two attached hydrogens (primary N) is 1. The van der Waals surface area contributed by atoms with Crippen LogP contribution in [0.25, 0.3) is 6.08 Å². The van der Waals surface area contributed by atoms with Gasteiger partial charge in [-0.25, -0.2) is 4.79 Å². The summed E-state index contributed by atoms with van der Waals surface area (Å²) in [6, 6.07) is 17.5. The van der Waals surface area contributed by atoms with E-state index in [1.165, 1.54) is 42.2 Å². The highest BCUT2D eigenvalue weighted by molar-refractivity contribution is 6.05. The van der Waals surface area contributed by atoms with E-state index in [1.54, 1.807) is 68.4 Å². The maximum Gasteiger partial charge on any atom is 0.353 e. The van der Waals surface area contributed by atoms with Gasteiger partial charge in [-0.2, -0.15) is 0 Å². The number of carbonyl (C=O) groups excluding carboxylic acids is 4. The molecule has 0 fully saturated rings. The van der Waals surface area contributed by atoms with Crippen LogP contribution < -0.4 is 26.0 Å². The van der Waals surface area contributed by atoms with Crippen molar-refractivity contribution >= 4 is 47.0 Å². The summed E-state index contributed by atoms with van der Waals surface area (Å²) in [6.45, 7) is 5.00. The maximum atomic E-state index is 13.7. The Hall–Kier alpha value is -5.53. The Balaban J connectivity index is 1.44. The lowest BCUT2D eigenvalue weighted by atomic mass is 9.95. The van der Waals surface area contributed by atoms with Gasteiger partial charge in [0.25, 0.3) is 11.5 Å². The minimum absolute atomic E-state index is 0.177. The molecule has 3 aromatic carbocycles. The van der Waals surface area contributed by atoms with E-state index in [-0.39, 0.29) is 23.7 Å². The number of aliphatic hydroxyl groups is 2. The topological polar surface area (TPSA) is 209 Å². The number of para-hydroxylation sites is 1. The number of carboxylic acids is 1. The number of fused-ring (bicyclic) bond motifs is 1. The Morgan fingerprint density at radius 2 is 1.55 bits per heavy atom. The number of aliphatic carboxylic acids is 1. The highest BCUT2D eigenvalue weighted by atomic mass is 16.6. The van der Waals surface area contributed by atoms with Crippen LogP contribution in [0.5, 0.6) is 5.75 Å². The molecule has 1 aliphatic rings. The third-order valence-corrected chi connectivity index (χ3v) is 7.66. The normalized spacial score (nSPS) is 16.7. The number of carbonyl (C=O) groups is 5. The van der Waals surface area contributed by atoms with Crippen LogP contribution in [-0.2, 0) is 25.6 Å². The SMILES string of the molecule is CC(C)[C@H](NC(=O)/C=C/c1ccc2c(c1)CC(C(=O)O)(C(O)O)O2)C(=O)N[C@@H](C)C(=O)N(c1ccccc1)c1ccc(C(N)=O)cc1. The summed E-state index contributed by atoms with van der Waals surface area (Å²) in [7, 11) is 0. The van der Waals surface area contributed by atoms with Crippen molar-refractivity contribution in [3.8, 4) is 5.75 Å². The second-order valence-corrected chi connectivity index (χ2v) is 11.4. The van der Waals surface area contributed by atoms with E-state index in [0.717, 1.165) is 0 Å². The Morgan fingerprint density at radius 3 is 2.13 bits per heavy atom. The molecule has 13 nitrogen and oxygen atoms in total. The number of rotatable bonds is 12. The van der Waals surface area contributed by atoms with Crippen LogP contribution in [-0.4, -0.2) is 68.9 Å². The molecule has 4 amide bonds. The highest BCUT2D eigenvalue weighted by Gasteiger charge is 2.52. The first kappa shape index (κ1) is 34.3. The molecule has 0 bridgehead atoms. The number of hydrogen-bond acceptors (Lipinski definition) is 8. The minimum atomic E-state index is -2.26. The summed E-state index contributed by atoms with van der Waals surface area (Å²) in [4.78, 5) is 64.6. The smallest absolute Gasteiger partial charge is 0.353 e. The Morgan fingerprint density at radius 1 is 0.915 bits per heavy atom. The van der Waals surface area contributed by atoms with E-state index in [9.17, 15) is 39.3 Å². The first-order chi connectivity index (χ1) is 22.2. The first-order valence-electron chi connectivity index (χ1n) is 14.7. The van der Waals surface area contributed by atoms with Gasteiger partial charge in [0.2, 0.25) is 24.0 Å². The van der Waals surface area contributed by atoms with E-state index in [2.05, 4.69) is 10.6 Å². The van der Waals surface area contributed by atoms with Gasteiger partial charge in [0.1, 0.15) is 17.8 Å². The van der Waals surface area contributed by atoms with Crippen LogP contribution in [0, 0.1) is 5.92 Å². The summed E-state index contributed by atoms with van der Waals surface area (Å²) in [5.41, 5.74) is 5.29. The molecule has 47 heavy (non-hydrogen) atoms. The standard InChI is InChI=1S/C34H36N4O9/c1-19(2)28(37-27(39)16-10-21-9-15-26-23(17-21)18-34(47-26,32(43)44)33(45)46)30(41)36-20(3)31(42)38(24-7-5-4-6-8-24)25-13-11-22(12-14-25)29(35)40/h4-17,19-20,28,32,43-44H,18H2,1-3H3,(H2,35,40)(H,36,41)(H,37,39)(H,45,46)/b16-10+/t20-,28-,34?/m0/s1. The zero-order valence-electron chi connectivity index (χ0n) is 25.9. The number of aliphatic hydroxyl groups excluding tert-OH is 1. The van der Waals surface area contributed by atoms with Crippen LogP contribution in [0.15, 0.2) is 78.9 Å². The van der Waals surface area contributed by atoms with E-state index in [4.69, 9.17) is 10.5 Å². The average Bonchev–Trinajstić information content (AvgIpc) is 3.44. The van der Waals surface area contributed by atoms with Crippen molar-refractivity contribution in [2.45, 2.75) is 51.2 Å². The third-order valence-electron chi connectivity index (χ3n) is 7.66. The lowest BCUT2D eigenvalue weighted by Crippen LogP contribution is -2.54. The molecule has 1 unspecified atom stereocenters. The van der Waals surface area contributed by atoms with E-state index < -0.39 is 53.6 Å². The first-order valence-corrected chi connectivity index (χ1v) is 14.7.